The largest absolute Gasteiger partial charge is 0.337 e. The lowest BCUT2D eigenvalue weighted by Gasteiger charge is -2.05. The first-order chi connectivity index (χ1) is 7.54. The third kappa shape index (κ3) is 1.58. The van der Waals surface area contributed by atoms with Crippen molar-refractivity contribution in [1.29, 1.82) is 0 Å². The number of fused-ring (bicyclic) bond motifs is 1. The Hall–Kier alpha value is -1.78. The second-order valence-electron chi connectivity index (χ2n) is 3.37. The summed E-state index contributed by atoms with van der Waals surface area (Å²) in [6.07, 6.45) is 1.77. The summed E-state index contributed by atoms with van der Waals surface area (Å²) in [7, 11) is 4.95. The van der Waals surface area contributed by atoms with Gasteiger partial charge in [-0.3, -0.25) is 13.9 Å². The first-order valence-corrected chi connectivity index (χ1v) is 5.25. The van der Waals surface area contributed by atoms with Gasteiger partial charge in [-0.2, -0.15) is 0 Å². The maximum atomic E-state index is 11.7. The van der Waals surface area contributed by atoms with Crippen molar-refractivity contribution >= 4 is 11.0 Å². The van der Waals surface area contributed by atoms with E-state index in [9.17, 15) is 9.59 Å². The minimum Gasteiger partial charge on any atom is -0.337 e. The number of rotatable bonds is 0. The van der Waals surface area contributed by atoms with Gasteiger partial charge in [0, 0.05) is 27.3 Å². The molecule has 0 N–H and O–H groups in total. The van der Waals surface area contributed by atoms with E-state index in [0.29, 0.717) is 11.0 Å². The number of aryl methyl sites for hydroxylation is 2. The lowest BCUT2D eigenvalue weighted by Crippen LogP contribution is -2.37. The van der Waals surface area contributed by atoms with Gasteiger partial charge in [-0.1, -0.05) is 13.8 Å². The monoisotopic (exact) mass is 223 g/mol. The number of aromatic nitrogens is 3. The average Bonchev–Trinajstić information content (AvgIpc) is 2.68. The molecule has 0 fully saturated rings. The van der Waals surface area contributed by atoms with E-state index in [1.807, 2.05) is 13.8 Å². The van der Waals surface area contributed by atoms with Crippen molar-refractivity contribution in [1.82, 2.24) is 13.7 Å². The van der Waals surface area contributed by atoms with Crippen LogP contribution in [0.15, 0.2) is 21.9 Å². The van der Waals surface area contributed by atoms with Crippen LogP contribution in [-0.4, -0.2) is 13.7 Å². The molecule has 2 aromatic heterocycles. The van der Waals surface area contributed by atoms with Gasteiger partial charge in [0.25, 0.3) is 5.56 Å². The molecule has 16 heavy (non-hydrogen) atoms. The number of hydrogen-bond donors (Lipinski definition) is 0. The second-order valence-corrected chi connectivity index (χ2v) is 3.37. The maximum absolute atomic E-state index is 11.7. The van der Waals surface area contributed by atoms with Crippen LogP contribution in [0.5, 0.6) is 0 Å². The van der Waals surface area contributed by atoms with Gasteiger partial charge in [0.2, 0.25) is 0 Å². The molecule has 0 bridgehead atoms. The van der Waals surface area contributed by atoms with Crippen LogP contribution in [0, 0.1) is 0 Å². The predicted molar refractivity (Wildman–Crippen MR) is 64.7 cm³/mol. The summed E-state index contributed by atoms with van der Waals surface area (Å²) in [5.41, 5.74) is 0.103. The highest BCUT2D eigenvalue weighted by atomic mass is 16.2. The van der Waals surface area contributed by atoms with Crippen molar-refractivity contribution in [3.63, 3.8) is 0 Å². The Balaban J connectivity index is 0.000000606. The Labute approximate surface area is 93.5 Å². The Morgan fingerprint density at radius 3 is 2.12 bits per heavy atom. The van der Waals surface area contributed by atoms with Gasteiger partial charge in [0.05, 0.1) is 5.39 Å². The van der Waals surface area contributed by atoms with Gasteiger partial charge in [-0.05, 0) is 6.07 Å². The molecule has 0 aliphatic rings. The van der Waals surface area contributed by atoms with Gasteiger partial charge < -0.3 is 4.57 Å². The van der Waals surface area contributed by atoms with Crippen LogP contribution in [0.1, 0.15) is 13.8 Å². The maximum Gasteiger partial charge on any atom is 0.332 e. The van der Waals surface area contributed by atoms with Crippen molar-refractivity contribution < 1.29 is 0 Å². The van der Waals surface area contributed by atoms with Gasteiger partial charge >= 0.3 is 5.69 Å². The molecule has 0 radical (unpaired) electrons. The molecule has 0 atom stereocenters. The summed E-state index contributed by atoms with van der Waals surface area (Å²) in [5.74, 6) is 0. The Bertz CT molecular complexity index is 616. The highest BCUT2D eigenvalue weighted by Crippen LogP contribution is 2.06. The highest BCUT2D eigenvalue weighted by Gasteiger charge is 2.09. The van der Waals surface area contributed by atoms with E-state index < -0.39 is 0 Å². The molecule has 2 aromatic rings. The van der Waals surface area contributed by atoms with E-state index in [1.165, 1.54) is 11.6 Å². The van der Waals surface area contributed by atoms with E-state index in [0.717, 1.165) is 4.57 Å². The minimum absolute atomic E-state index is 0.247. The normalized spacial score (nSPS) is 10.1. The molecule has 0 unspecified atom stereocenters. The molecule has 88 valence electrons. The smallest absolute Gasteiger partial charge is 0.332 e. The molecule has 5 heteroatoms. The molecule has 0 spiro atoms. The topological polar surface area (TPSA) is 48.9 Å². The predicted octanol–water partition coefficient (Wildman–Crippen LogP) is 0.602. The Kier molecular flexibility index (Phi) is 3.37. The second kappa shape index (κ2) is 4.38. The van der Waals surface area contributed by atoms with Crippen molar-refractivity contribution in [2.24, 2.45) is 21.1 Å². The molecule has 0 aliphatic carbocycles. The molecule has 0 aromatic carbocycles. The van der Waals surface area contributed by atoms with Crippen LogP contribution in [0.2, 0.25) is 0 Å². The lowest BCUT2D eigenvalue weighted by molar-refractivity contribution is 0.698. The SMILES string of the molecule is CC.Cn1c(=O)c2ccn(C)c2n(C)c1=O. The number of hydrogen-bond acceptors (Lipinski definition) is 2. The summed E-state index contributed by atoms with van der Waals surface area (Å²) in [4.78, 5) is 23.2. The first-order valence-electron chi connectivity index (χ1n) is 5.25. The van der Waals surface area contributed by atoms with Crippen molar-refractivity contribution in [3.8, 4) is 0 Å². The summed E-state index contributed by atoms with van der Waals surface area (Å²) in [5, 5.41) is 0.567. The number of nitrogens with zero attached hydrogens (tertiary/aromatic N) is 3. The van der Waals surface area contributed by atoms with Crippen LogP contribution < -0.4 is 11.2 Å². The third-order valence-electron chi connectivity index (χ3n) is 2.47. The zero-order valence-corrected chi connectivity index (χ0v) is 10.3. The molecule has 2 rings (SSSR count). The van der Waals surface area contributed by atoms with Crippen LogP contribution >= 0.6 is 0 Å². The van der Waals surface area contributed by atoms with E-state index in [1.54, 1.807) is 30.9 Å². The van der Waals surface area contributed by atoms with Crippen LogP contribution in [0.4, 0.5) is 0 Å². The molecule has 0 saturated carbocycles. The Morgan fingerprint density at radius 1 is 1.00 bits per heavy atom. The summed E-state index contributed by atoms with van der Waals surface area (Å²) in [6, 6.07) is 1.72. The van der Waals surface area contributed by atoms with Gasteiger partial charge in [-0.25, -0.2) is 4.79 Å². The molecule has 0 aliphatic heterocycles. The Morgan fingerprint density at radius 2 is 1.56 bits per heavy atom. The van der Waals surface area contributed by atoms with Crippen molar-refractivity contribution in [2.75, 3.05) is 0 Å². The van der Waals surface area contributed by atoms with E-state index in [2.05, 4.69) is 0 Å². The van der Waals surface area contributed by atoms with E-state index in [4.69, 9.17) is 0 Å². The highest BCUT2D eigenvalue weighted by molar-refractivity contribution is 5.75. The van der Waals surface area contributed by atoms with Gasteiger partial charge in [-0.15, -0.1) is 0 Å². The van der Waals surface area contributed by atoms with Crippen LogP contribution in [-0.2, 0) is 21.1 Å². The van der Waals surface area contributed by atoms with Crippen molar-refractivity contribution in [2.45, 2.75) is 13.8 Å². The zero-order valence-electron chi connectivity index (χ0n) is 10.3. The fraction of sp³-hybridized carbons (Fsp3) is 0.455. The molecule has 5 nitrogen and oxygen atoms in total. The van der Waals surface area contributed by atoms with Crippen molar-refractivity contribution in [3.05, 3.63) is 33.1 Å². The fourth-order valence-corrected chi connectivity index (χ4v) is 1.69. The van der Waals surface area contributed by atoms with Gasteiger partial charge in [0.15, 0.2) is 0 Å². The van der Waals surface area contributed by atoms with Crippen LogP contribution in [0.3, 0.4) is 0 Å². The van der Waals surface area contributed by atoms with E-state index >= 15 is 0 Å². The molecular weight excluding hydrogens is 206 g/mol. The molecule has 0 saturated heterocycles. The van der Waals surface area contributed by atoms with Gasteiger partial charge in [0.1, 0.15) is 5.65 Å². The summed E-state index contributed by atoms with van der Waals surface area (Å²) >= 11 is 0. The van der Waals surface area contributed by atoms with Crippen LogP contribution in [0.25, 0.3) is 11.0 Å². The average molecular weight is 223 g/mol. The standard InChI is InChI=1S/C9H11N3O2.C2H6/c1-10-5-4-6-7(10)11(2)9(14)12(3)8(6)13;1-2/h4-5H,1-3H3;1-2H3. The third-order valence-corrected chi connectivity index (χ3v) is 2.47. The molecular formula is C11H17N3O2. The minimum atomic E-state index is -0.302. The summed E-state index contributed by atoms with van der Waals surface area (Å²) < 4.78 is 4.34. The first kappa shape index (κ1) is 12.3. The van der Waals surface area contributed by atoms with E-state index in [-0.39, 0.29) is 11.2 Å². The quantitative estimate of drug-likeness (QED) is 0.656. The molecule has 2 heterocycles. The lowest BCUT2D eigenvalue weighted by atomic mass is 10.4. The molecule has 0 amide bonds. The zero-order chi connectivity index (χ0) is 12.5. The fourth-order valence-electron chi connectivity index (χ4n) is 1.69. The summed E-state index contributed by atoms with van der Waals surface area (Å²) in [6.45, 7) is 4.00.